The van der Waals surface area contributed by atoms with Gasteiger partial charge in [-0.2, -0.15) is 0 Å². The molecule has 2 rings (SSSR count). The third kappa shape index (κ3) is 2.85. The molecule has 0 aliphatic heterocycles. The van der Waals surface area contributed by atoms with Crippen molar-refractivity contribution in [2.24, 2.45) is 0 Å². The van der Waals surface area contributed by atoms with E-state index in [9.17, 15) is 21.6 Å². The Morgan fingerprint density at radius 1 is 0.950 bits per heavy atom. The van der Waals surface area contributed by atoms with Crippen LogP contribution in [0.2, 0.25) is 0 Å². The predicted molar refractivity (Wildman–Crippen MR) is 68.0 cm³/mol. The molecule has 8 heteroatoms. The first-order chi connectivity index (χ1) is 9.29. The van der Waals surface area contributed by atoms with Gasteiger partial charge in [-0.1, -0.05) is 0 Å². The lowest BCUT2D eigenvalue weighted by atomic mass is 10.3. The fourth-order valence-electron chi connectivity index (χ4n) is 1.48. The smallest absolute Gasteiger partial charge is 0.264 e. The molecule has 20 heavy (non-hydrogen) atoms. The molecule has 0 bridgehead atoms. The maximum Gasteiger partial charge on any atom is 0.264 e. The average Bonchev–Trinajstić information content (AvgIpc) is 2.36. The quantitative estimate of drug-likeness (QED) is 0.856. The van der Waals surface area contributed by atoms with Crippen molar-refractivity contribution >= 4 is 21.4 Å². The second-order valence-corrected chi connectivity index (χ2v) is 5.57. The number of benzene rings is 2. The zero-order valence-corrected chi connectivity index (χ0v) is 10.7. The lowest BCUT2D eigenvalue weighted by molar-refractivity contribution is 0.555. The molecule has 0 aromatic heterocycles. The minimum Gasteiger partial charge on any atom is -0.396 e. The van der Waals surface area contributed by atoms with Crippen molar-refractivity contribution in [1.29, 1.82) is 0 Å². The van der Waals surface area contributed by atoms with E-state index in [0.29, 0.717) is 12.1 Å². The summed E-state index contributed by atoms with van der Waals surface area (Å²) in [5.41, 5.74) is 4.93. The van der Waals surface area contributed by atoms with Crippen molar-refractivity contribution in [2.45, 2.75) is 4.90 Å². The number of anilines is 2. The van der Waals surface area contributed by atoms with E-state index in [4.69, 9.17) is 5.73 Å². The van der Waals surface area contributed by atoms with Crippen LogP contribution in [-0.4, -0.2) is 8.42 Å². The van der Waals surface area contributed by atoms with Gasteiger partial charge in [-0.3, -0.25) is 4.72 Å². The molecule has 0 atom stereocenters. The van der Waals surface area contributed by atoms with Gasteiger partial charge in [-0.25, -0.2) is 21.6 Å². The van der Waals surface area contributed by atoms with Gasteiger partial charge in [0.05, 0.1) is 11.4 Å². The number of nitrogens with two attached hydrogens (primary N) is 1. The molecule has 106 valence electrons. The molecule has 3 N–H and O–H groups in total. The second kappa shape index (κ2) is 5.04. The molecule has 0 aliphatic carbocycles. The minimum atomic E-state index is -4.37. The number of hydrogen-bond donors (Lipinski definition) is 2. The molecule has 0 amide bonds. The van der Waals surface area contributed by atoms with Crippen LogP contribution in [0, 0.1) is 17.5 Å². The summed E-state index contributed by atoms with van der Waals surface area (Å²) >= 11 is 0. The third-order valence-electron chi connectivity index (χ3n) is 2.44. The van der Waals surface area contributed by atoms with Gasteiger partial charge in [-0.15, -0.1) is 0 Å². The third-order valence-corrected chi connectivity index (χ3v) is 3.83. The monoisotopic (exact) mass is 302 g/mol. The highest BCUT2D eigenvalue weighted by molar-refractivity contribution is 7.92. The molecule has 2 aromatic carbocycles. The van der Waals surface area contributed by atoms with Gasteiger partial charge in [0.15, 0.2) is 0 Å². The van der Waals surface area contributed by atoms with Gasteiger partial charge in [-0.05, 0) is 30.3 Å². The van der Waals surface area contributed by atoms with Crippen LogP contribution in [-0.2, 0) is 10.0 Å². The van der Waals surface area contributed by atoms with Crippen LogP contribution in [0.1, 0.15) is 0 Å². The molecule has 0 radical (unpaired) electrons. The molecule has 0 fully saturated rings. The van der Waals surface area contributed by atoms with Crippen molar-refractivity contribution < 1.29 is 21.6 Å². The maximum absolute atomic E-state index is 13.4. The van der Waals surface area contributed by atoms with Crippen LogP contribution in [0.5, 0.6) is 0 Å². The van der Waals surface area contributed by atoms with Gasteiger partial charge in [0.1, 0.15) is 22.3 Å². The van der Waals surface area contributed by atoms with Crippen molar-refractivity contribution in [3.8, 4) is 0 Å². The Morgan fingerprint density at radius 2 is 1.65 bits per heavy atom. The van der Waals surface area contributed by atoms with Crippen molar-refractivity contribution in [1.82, 2.24) is 0 Å². The van der Waals surface area contributed by atoms with Crippen LogP contribution < -0.4 is 10.5 Å². The van der Waals surface area contributed by atoms with Gasteiger partial charge in [0, 0.05) is 6.07 Å². The first-order valence-electron chi connectivity index (χ1n) is 5.32. The highest BCUT2D eigenvalue weighted by atomic mass is 32.2. The highest BCUT2D eigenvalue weighted by Gasteiger charge is 2.20. The average molecular weight is 302 g/mol. The largest absolute Gasteiger partial charge is 0.396 e. The summed E-state index contributed by atoms with van der Waals surface area (Å²) in [4.78, 5) is -0.866. The van der Waals surface area contributed by atoms with Gasteiger partial charge in [0.2, 0.25) is 0 Å². The zero-order chi connectivity index (χ0) is 14.9. The lowest BCUT2D eigenvalue weighted by Crippen LogP contribution is -2.15. The summed E-state index contributed by atoms with van der Waals surface area (Å²) in [7, 11) is -4.37. The Bertz CT molecular complexity index is 763. The lowest BCUT2D eigenvalue weighted by Gasteiger charge is -2.09. The fourth-order valence-corrected chi connectivity index (χ4v) is 2.62. The van der Waals surface area contributed by atoms with E-state index in [-0.39, 0.29) is 11.4 Å². The predicted octanol–water partition coefficient (Wildman–Crippen LogP) is 2.49. The van der Waals surface area contributed by atoms with Crippen LogP contribution in [0.4, 0.5) is 24.5 Å². The molecule has 0 unspecified atom stereocenters. The zero-order valence-electron chi connectivity index (χ0n) is 9.90. The first kappa shape index (κ1) is 14.2. The van der Waals surface area contributed by atoms with E-state index in [1.165, 1.54) is 6.07 Å². The Kier molecular flexibility index (Phi) is 3.58. The summed E-state index contributed by atoms with van der Waals surface area (Å²) in [6.45, 7) is 0. The topological polar surface area (TPSA) is 72.2 Å². The van der Waals surface area contributed by atoms with E-state index < -0.39 is 32.4 Å². The number of nitrogens with one attached hydrogen (secondary N) is 1. The molecular weight excluding hydrogens is 293 g/mol. The van der Waals surface area contributed by atoms with E-state index in [1.54, 1.807) is 0 Å². The van der Waals surface area contributed by atoms with Crippen LogP contribution in [0.25, 0.3) is 0 Å². The van der Waals surface area contributed by atoms with Gasteiger partial charge in [0.25, 0.3) is 10.0 Å². The Morgan fingerprint density at radius 3 is 2.30 bits per heavy atom. The number of nitrogen functional groups attached to an aromatic ring is 1. The summed E-state index contributed by atoms with van der Waals surface area (Å²) in [5.74, 6) is -2.85. The number of sulfonamides is 1. The number of halogens is 3. The summed E-state index contributed by atoms with van der Waals surface area (Å²) in [6, 6.07) is 5.20. The Labute approximate surface area is 113 Å². The number of rotatable bonds is 3. The second-order valence-electron chi connectivity index (χ2n) is 3.92. The summed E-state index contributed by atoms with van der Waals surface area (Å²) in [6.07, 6.45) is 0. The van der Waals surface area contributed by atoms with E-state index in [2.05, 4.69) is 0 Å². The maximum atomic E-state index is 13.4. The van der Waals surface area contributed by atoms with E-state index in [0.717, 1.165) is 18.2 Å². The molecule has 0 saturated heterocycles. The standard InChI is InChI=1S/C12H9F3N2O2S/c13-7-1-3-9(14)12(5-7)20(18,19)17-8-2-4-11(16)10(15)6-8/h1-6,17H,16H2. The summed E-state index contributed by atoms with van der Waals surface area (Å²) < 4.78 is 65.4. The van der Waals surface area contributed by atoms with Crippen LogP contribution in [0.15, 0.2) is 41.3 Å². The van der Waals surface area contributed by atoms with E-state index in [1.807, 2.05) is 4.72 Å². The van der Waals surface area contributed by atoms with Crippen molar-refractivity contribution in [2.75, 3.05) is 10.5 Å². The molecule has 0 spiro atoms. The molecule has 2 aromatic rings. The Hall–Kier alpha value is -2.22. The number of hydrogen-bond acceptors (Lipinski definition) is 3. The molecule has 0 saturated carbocycles. The van der Waals surface area contributed by atoms with Gasteiger partial charge < -0.3 is 5.73 Å². The van der Waals surface area contributed by atoms with Gasteiger partial charge >= 0.3 is 0 Å². The normalized spacial score (nSPS) is 11.3. The molecule has 0 aliphatic rings. The Balaban J connectivity index is 2.40. The summed E-state index contributed by atoms with van der Waals surface area (Å²) in [5, 5.41) is 0. The molecular formula is C12H9F3N2O2S. The minimum absolute atomic E-state index is 0.152. The highest BCUT2D eigenvalue weighted by Crippen LogP contribution is 2.22. The van der Waals surface area contributed by atoms with Crippen molar-refractivity contribution in [3.63, 3.8) is 0 Å². The first-order valence-corrected chi connectivity index (χ1v) is 6.81. The van der Waals surface area contributed by atoms with Crippen molar-refractivity contribution in [3.05, 3.63) is 53.8 Å². The van der Waals surface area contributed by atoms with Crippen LogP contribution >= 0.6 is 0 Å². The fraction of sp³-hybridized carbons (Fsp3) is 0. The SMILES string of the molecule is Nc1ccc(NS(=O)(=O)c2cc(F)ccc2F)cc1F. The van der Waals surface area contributed by atoms with E-state index >= 15 is 0 Å². The molecule has 4 nitrogen and oxygen atoms in total. The molecule has 0 heterocycles. The van der Waals surface area contributed by atoms with Crippen LogP contribution in [0.3, 0.4) is 0 Å².